The lowest BCUT2D eigenvalue weighted by Gasteiger charge is -2.18. The number of hydrogen-bond donors (Lipinski definition) is 3. The zero-order valence-electron chi connectivity index (χ0n) is 8.04. The van der Waals surface area contributed by atoms with Crippen molar-refractivity contribution in [3.05, 3.63) is 29.3 Å². The van der Waals surface area contributed by atoms with E-state index in [4.69, 9.17) is 10.8 Å². The molecule has 0 aliphatic carbocycles. The van der Waals surface area contributed by atoms with Gasteiger partial charge in [-0.25, -0.2) is 0 Å². The van der Waals surface area contributed by atoms with Gasteiger partial charge >= 0.3 is 0 Å². The van der Waals surface area contributed by atoms with Crippen molar-refractivity contribution >= 4 is 5.69 Å². The van der Waals surface area contributed by atoms with Gasteiger partial charge in [0.15, 0.2) is 0 Å². The highest BCUT2D eigenvalue weighted by Gasteiger charge is 2.12. The van der Waals surface area contributed by atoms with Crippen LogP contribution < -0.4 is 11.1 Å². The molecule has 0 saturated heterocycles. The van der Waals surface area contributed by atoms with Crippen molar-refractivity contribution < 1.29 is 5.11 Å². The molecule has 0 aliphatic rings. The fourth-order valence-electron chi connectivity index (χ4n) is 1.51. The molecule has 1 atom stereocenters. The summed E-state index contributed by atoms with van der Waals surface area (Å²) in [5.74, 6) is 0. The summed E-state index contributed by atoms with van der Waals surface area (Å²) < 4.78 is 0. The third kappa shape index (κ3) is 1.99. The average molecular weight is 180 g/mol. The van der Waals surface area contributed by atoms with Gasteiger partial charge in [0.05, 0.1) is 12.6 Å². The molecule has 0 saturated carbocycles. The van der Waals surface area contributed by atoms with Crippen LogP contribution in [0, 0.1) is 6.92 Å². The van der Waals surface area contributed by atoms with Crippen LogP contribution >= 0.6 is 0 Å². The summed E-state index contributed by atoms with van der Waals surface area (Å²) in [4.78, 5) is 0. The van der Waals surface area contributed by atoms with Gasteiger partial charge < -0.3 is 16.2 Å². The van der Waals surface area contributed by atoms with Gasteiger partial charge in [-0.3, -0.25) is 0 Å². The van der Waals surface area contributed by atoms with Crippen molar-refractivity contribution in [1.82, 2.24) is 5.32 Å². The van der Waals surface area contributed by atoms with Crippen molar-refractivity contribution in [2.75, 3.05) is 19.4 Å². The molecule has 0 bridgehead atoms. The summed E-state index contributed by atoms with van der Waals surface area (Å²) in [7, 11) is 1.81. The molecule has 0 radical (unpaired) electrons. The van der Waals surface area contributed by atoms with E-state index in [2.05, 4.69) is 5.32 Å². The third-order valence-electron chi connectivity index (χ3n) is 2.24. The van der Waals surface area contributed by atoms with Gasteiger partial charge in [0, 0.05) is 5.69 Å². The molecule has 0 aromatic heterocycles. The Morgan fingerprint density at radius 3 is 2.69 bits per heavy atom. The van der Waals surface area contributed by atoms with E-state index in [1.165, 1.54) is 0 Å². The van der Waals surface area contributed by atoms with Crippen LogP contribution in [-0.2, 0) is 0 Å². The Balaban J connectivity index is 3.10. The van der Waals surface area contributed by atoms with Crippen LogP contribution in [0.25, 0.3) is 0 Å². The minimum atomic E-state index is -0.0683. The summed E-state index contributed by atoms with van der Waals surface area (Å²) in [5.41, 5.74) is 8.65. The molecule has 3 nitrogen and oxygen atoms in total. The largest absolute Gasteiger partial charge is 0.398 e. The number of nitrogens with one attached hydrogen (secondary N) is 1. The number of aryl methyl sites for hydroxylation is 1. The van der Waals surface area contributed by atoms with Gasteiger partial charge in [0.2, 0.25) is 0 Å². The summed E-state index contributed by atoms with van der Waals surface area (Å²) in [6.45, 7) is 2.05. The van der Waals surface area contributed by atoms with Gasteiger partial charge in [0.1, 0.15) is 0 Å². The number of anilines is 1. The molecule has 1 unspecified atom stereocenters. The predicted octanol–water partition coefficient (Wildman–Crippen LogP) is 0.830. The SMILES string of the molecule is CNC(CO)c1c(C)cccc1N. The van der Waals surface area contributed by atoms with E-state index in [1.54, 1.807) is 0 Å². The summed E-state index contributed by atoms with van der Waals surface area (Å²) >= 11 is 0. The topological polar surface area (TPSA) is 58.3 Å². The van der Waals surface area contributed by atoms with Crippen LogP contribution in [0.2, 0.25) is 0 Å². The average Bonchev–Trinajstić information content (AvgIpc) is 2.11. The Morgan fingerprint density at radius 2 is 2.23 bits per heavy atom. The molecule has 0 heterocycles. The highest BCUT2D eigenvalue weighted by Crippen LogP contribution is 2.23. The summed E-state index contributed by atoms with van der Waals surface area (Å²) in [6.07, 6.45) is 0. The first-order valence-electron chi connectivity index (χ1n) is 4.33. The van der Waals surface area contributed by atoms with Crippen LogP contribution in [0.3, 0.4) is 0 Å². The van der Waals surface area contributed by atoms with Gasteiger partial charge in [-0.1, -0.05) is 12.1 Å². The molecule has 13 heavy (non-hydrogen) atoms. The highest BCUT2D eigenvalue weighted by molar-refractivity contribution is 5.52. The number of nitrogens with two attached hydrogens (primary N) is 1. The molecule has 3 heteroatoms. The van der Waals surface area contributed by atoms with Gasteiger partial charge in [0.25, 0.3) is 0 Å². The second-order valence-electron chi connectivity index (χ2n) is 3.10. The molecular formula is C10H16N2O. The fourth-order valence-corrected chi connectivity index (χ4v) is 1.51. The lowest BCUT2D eigenvalue weighted by molar-refractivity contribution is 0.251. The molecule has 0 amide bonds. The minimum Gasteiger partial charge on any atom is -0.398 e. The van der Waals surface area contributed by atoms with E-state index in [0.717, 1.165) is 16.8 Å². The number of likely N-dealkylation sites (N-methyl/N-ethyl adjacent to an activating group) is 1. The van der Waals surface area contributed by atoms with Crippen molar-refractivity contribution in [2.45, 2.75) is 13.0 Å². The van der Waals surface area contributed by atoms with E-state index >= 15 is 0 Å². The molecule has 1 aromatic carbocycles. The summed E-state index contributed by atoms with van der Waals surface area (Å²) in [6, 6.07) is 5.69. The number of benzene rings is 1. The lowest BCUT2D eigenvalue weighted by Crippen LogP contribution is -2.22. The van der Waals surface area contributed by atoms with E-state index in [0.29, 0.717) is 0 Å². The number of aliphatic hydroxyl groups is 1. The van der Waals surface area contributed by atoms with Crippen LogP contribution in [0.5, 0.6) is 0 Å². The molecule has 0 spiro atoms. The number of nitrogen functional groups attached to an aromatic ring is 1. The van der Waals surface area contributed by atoms with Crippen LogP contribution in [0.15, 0.2) is 18.2 Å². The first-order chi connectivity index (χ1) is 6.20. The van der Waals surface area contributed by atoms with E-state index in [9.17, 15) is 0 Å². The van der Waals surface area contributed by atoms with E-state index in [-0.39, 0.29) is 12.6 Å². The normalized spacial score (nSPS) is 12.8. The Bertz CT molecular complexity index is 262. The summed E-state index contributed by atoms with van der Waals surface area (Å²) in [5, 5.41) is 12.1. The Hall–Kier alpha value is -1.06. The Morgan fingerprint density at radius 1 is 1.54 bits per heavy atom. The van der Waals surface area contributed by atoms with E-state index in [1.807, 2.05) is 32.2 Å². The minimum absolute atomic E-state index is 0.0611. The fraction of sp³-hybridized carbons (Fsp3) is 0.400. The lowest BCUT2D eigenvalue weighted by atomic mass is 10.00. The molecule has 0 aliphatic heterocycles. The van der Waals surface area contributed by atoms with Crippen molar-refractivity contribution in [3.63, 3.8) is 0 Å². The second kappa shape index (κ2) is 4.25. The van der Waals surface area contributed by atoms with Crippen LogP contribution in [0.4, 0.5) is 5.69 Å². The molecule has 72 valence electrons. The standard InChI is InChI=1S/C10H16N2O/c1-7-4-3-5-8(11)10(7)9(6-13)12-2/h3-5,9,12-13H,6,11H2,1-2H3. The predicted molar refractivity (Wildman–Crippen MR) is 54.5 cm³/mol. The molecular weight excluding hydrogens is 164 g/mol. The quantitative estimate of drug-likeness (QED) is 0.604. The maximum absolute atomic E-state index is 9.11. The highest BCUT2D eigenvalue weighted by atomic mass is 16.3. The maximum atomic E-state index is 9.11. The molecule has 0 fully saturated rings. The van der Waals surface area contributed by atoms with Crippen molar-refractivity contribution in [3.8, 4) is 0 Å². The maximum Gasteiger partial charge on any atom is 0.0627 e. The van der Waals surface area contributed by atoms with Gasteiger partial charge in [-0.2, -0.15) is 0 Å². The first kappa shape index (κ1) is 10.0. The smallest absolute Gasteiger partial charge is 0.0627 e. The number of hydrogen-bond acceptors (Lipinski definition) is 3. The van der Waals surface area contributed by atoms with Gasteiger partial charge in [-0.05, 0) is 31.2 Å². The third-order valence-corrected chi connectivity index (χ3v) is 2.24. The van der Waals surface area contributed by atoms with Gasteiger partial charge in [-0.15, -0.1) is 0 Å². The Kier molecular flexibility index (Phi) is 3.28. The Labute approximate surface area is 78.6 Å². The number of rotatable bonds is 3. The van der Waals surface area contributed by atoms with Crippen molar-refractivity contribution in [1.29, 1.82) is 0 Å². The zero-order valence-corrected chi connectivity index (χ0v) is 8.04. The second-order valence-corrected chi connectivity index (χ2v) is 3.10. The molecule has 1 aromatic rings. The van der Waals surface area contributed by atoms with E-state index < -0.39 is 0 Å². The van der Waals surface area contributed by atoms with Crippen LogP contribution in [-0.4, -0.2) is 18.8 Å². The monoisotopic (exact) mass is 180 g/mol. The van der Waals surface area contributed by atoms with Crippen LogP contribution in [0.1, 0.15) is 17.2 Å². The number of aliphatic hydroxyl groups excluding tert-OH is 1. The van der Waals surface area contributed by atoms with Crippen molar-refractivity contribution in [2.24, 2.45) is 0 Å². The molecule has 1 rings (SSSR count). The zero-order chi connectivity index (χ0) is 9.84. The first-order valence-corrected chi connectivity index (χ1v) is 4.33. The molecule has 4 N–H and O–H groups in total.